The lowest BCUT2D eigenvalue weighted by Gasteiger charge is -2.30. The Morgan fingerprint density at radius 2 is 1.86 bits per heavy atom. The quantitative estimate of drug-likeness (QED) is 0.0964. The number of amides is 1. The molecule has 10 nitrogen and oxygen atoms in total. The second kappa shape index (κ2) is 15.6. The van der Waals surface area contributed by atoms with Gasteiger partial charge in [0, 0.05) is 15.7 Å². The van der Waals surface area contributed by atoms with Crippen LogP contribution < -0.4 is 30.3 Å². The van der Waals surface area contributed by atoms with Crippen molar-refractivity contribution < 1.29 is 28.5 Å². The van der Waals surface area contributed by atoms with E-state index in [1.54, 1.807) is 50.2 Å². The fourth-order valence-corrected chi connectivity index (χ4v) is 5.11. The lowest BCUT2D eigenvalue weighted by molar-refractivity contribution is -0.139. The third-order valence-corrected chi connectivity index (χ3v) is 7.33. The van der Waals surface area contributed by atoms with Crippen LogP contribution in [0.1, 0.15) is 36.6 Å². The van der Waals surface area contributed by atoms with Crippen molar-refractivity contribution in [2.24, 2.45) is 5.10 Å². The number of hydrogen-bond donors (Lipinski definition) is 3. The summed E-state index contributed by atoms with van der Waals surface area (Å²) < 4.78 is 23.4. The van der Waals surface area contributed by atoms with Gasteiger partial charge in [-0.15, -0.1) is 0 Å². The minimum Gasteiger partial charge on any atom is -0.493 e. The van der Waals surface area contributed by atoms with Crippen molar-refractivity contribution in [3.63, 3.8) is 0 Å². The van der Waals surface area contributed by atoms with Crippen molar-refractivity contribution in [2.45, 2.75) is 26.5 Å². The molecule has 0 spiro atoms. The predicted molar refractivity (Wildman–Crippen MR) is 175 cm³/mol. The molecule has 1 heterocycles. The average Bonchev–Trinajstić information content (AvgIpc) is 3.00. The molecule has 0 unspecified atom stereocenters. The molecule has 0 saturated heterocycles. The summed E-state index contributed by atoms with van der Waals surface area (Å²) in [5.41, 5.74) is 5.53. The van der Waals surface area contributed by atoms with Gasteiger partial charge in [-0.05, 0) is 67.5 Å². The summed E-state index contributed by atoms with van der Waals surface area (Å²) in [7, 11) is 1.51. The molecule has 0 saturated carbocycles. The van der Waals surface area contributed by atoms with Gasteiger partial charge < -0.3 is 29.6 Å². The number of halogens is 2. The highest BCUT2D eigenvalue weighted by atomic mass is 79.9. The van der Waals surface area contributed by atoms with E-state index in [1.807, 2.05) is 24.3 Å². The second-order valence-corrected chi connectivity index (χ2v) is 11.1. The molecule has 4 rings (SSSR count). The van der Waals surface area contributed by atoms with E-state index in [2.05, 4.69) is 37.1 Å². The molecule has 0 fully saturated rings. The molecular weight excluding hydrogens is 672 g/mol. The van der Waals surface area contributed by atoms with Crippen LogP contribution in [0.25, 0.3) is 0 Å². The average molecular weight is 702 g/mol. The molecule has 0 aromatic heterocycles. The Bertz CT molecular complexity index is 1600. The lowest BCUT2D eigenvalue weighted by Crippen LogP contribution is -2.45. The van der Waals surface area contributed by atoms with Gasteiger partial charge in [-0.1, -0.05) is 57.9 Å². The van der Waals surface area contributed by atoms with Crippen LogP contribution in [0.4, 0.5) is 0 Å². The third-order valence-electron chi connectivity index (χ3n) is 6.30. The second-order valence-electron chi connectivity index (χ2n) is 9.36. The number of ether oxygens (including phenoxy) is 4. The Kier molecular flexibility index (Phi) is 11.6. The highest BCUT2D eigenvalue weighted by Crippen LogP contribution is 2.37. The number of methoxy groups -OCH3 is 1. The molecule has 1 aliphatic rings. The van der Waals surface area contributed by atoms with Gasteiger partial charge >= 0.3 is 5.97 Å². The van der Waals surface area contributed by atoms with Crippen molar-refractivity contribution in [3.8, 4) is 17.2 Å². The minimum atomic E-state index is -0.637. The summed E-state index contributed by atoms with van der Waals surface area (Å²) in [6.45, 7) is 3.66. The first-order chi connectivity index (χ1) is 21.2. The fraction of sp³-hybridized carbons (Fsp3) is 0.226. The first kappa shape index (κ1) is 32.8. The molecule has 0 aliphatic carbocycles. The minimum absolute atomic E-state index is 0.217. The van der Waals surface area contributed by atoms with Crippen LogP contribution in [0.15, 0.2) is 81.5 Å². The first-order valence-corrected chi connectivity index (χ1v) is 15.0. The lowest BCUT2D eigenvalue weighted by atomic mass is 9.95. The Labute approximate surface area is 273 Å². The number of carbonyl (C=O) groups is 2. The monoisotopic (exact) mass is 700 g/mol. The van der Waals surface area contributed by atoms with Crippen molar-refractivity contribution in [1.29, 1.82) is 0 Å². The Morgan fingerprint density at radius 1 is 1.11 bits per heavy atom. The van der Waals surface area contributed by atoms with Gasteiger partial charge in [-0.3, -0.25) is 4.79 Å². The molecule has 230 valence electrons. The van der Waals surface area contributed by atoms with E-state index in [9.17, 15) is 9.59 Å². The van der Waals surface area contributed by atoms with Gasteiger partial charge in [0.05, 0.1) is 36.6 Å². The summed E-state index contributed by atoms with van der Waals surface area (Å²) in [5.74, 6) is 0.207. The normalized spacial score (nSPS) is 14.5. The Hall–Kier alpha value is -4.13. The standard InChI is InChI=1S/C31H30BrClN4O6S/c1-4-41-30(39)27-18(2)35-31(44)36-28(27)22-7-5-6-8-24(22)42-17-26(38)37-34-15-20-13-23(33)29(25(14-20)40-3)43-16-19-9-11-21(32)12-10-19/h5-15,28H,4,16-17H2,1-3H3,(H,37,38)(H2,35,36,44)/t28-/m1/s1. The SMILES string of the molecule is CCOC(=O)C1=C(C)NC(=S)N[C@@H]1c1ccccc1OCC(=O)NN=Cc1cc(Cl)c(OCc2ccc(Br)cc2)c(OC)c1. The highest BCUT2D eigenvalue weighted by Gasteiger charge is 2.32. The maximum absolute atomic E-state index is 12.7. The van der Waals surface area contributed by atoms with Gasteiger partial charge in [0.2, 0.25) is 0 Å². The van der Waals surface area contributed by atoms with Gasteiger partial charge in [0.25, 0.3) is 5.91 Å². The number of nitrogens with one attached hydrogen (secondary N) is 3. The van der Waals surface area contributed by atoms with Crippen molar-refractivity contribution in [1.82, 2.24) is 16.1 Å². The summed E-state index contributed by atoms with van der Waals surface area (Å²) >= 11 is 15.2. The van der Waals surface area contributed by atoms with E-state index >= 15 is 0 Å². The zero-order chi connectivity index (χ0) is 31.6. The van der Waals surface area contributed by atoms with Crippen molar-refractivity contribution in [2.75, 3.05) is 20.3 Å². The van der Waals surface area contributed by atoms with Crippen LogP contribution in [0.2, 0.25) is 5.02 Å². The summed E-state index contributed by atoms with van der Waals surface area (Å²) in [4.78, 5) is 25.3. The number of thiocarbonyl (C=S) groups is 1. The number of allylic oxidation sites excluding steroid dienone is 1. The highest BCUT2D eigenvalue weighted by molar-refractivity contribution is 9.10. The first-order valence-electron chi connectivity index (χ1n) is 13.4. The van der Waals surface area contributed by atoms with Crippen LogP contribution in [0.5, 0.6) is 17.2 Å². The van der Waals surface area contributed by atoms with Crippen molar-refractivity contribution >= 4 is 63.0 Å². The molecule has 1 amide bonds. The Morgan fingerprint density at radius 3 is 2.59 bits per heavy atom. The van der Waals surface area contributed by atoms with E-state index in [0.717, 1.165) is 10.0 Å². The zero-order valence-electron chi connectivity index (χ0n) is 24.1. The van der Waals surface area contributed by atoms with E-state index in [4.69, 9.17) is 42.8 Å². The molecular formula is C31H30BrClN4O6S. The number of benzene rings is 3. The number of nitrogens with zero attached hydrogens (tertiary/aromatic N) is 1. The third kappa shape index (κ3) is 8.49. The molecule has 13 heteroatoms. The maximum Gasteiger partial charge on any atom is 0.338 e. The number of rotatable bonds is 12. The number of para-hydroxylation sites is 1. The molecule has 3 aromatic carbocycles. The molecule has 3 N–H and O–H groups in total. The van der Waals surface area contributed by atoms with Crippen molar-refractivity contribution in [3.05, 3.63) is 98.1 Å². The zero-order valence-corrected chi connectivity index (χ0v) is 27.3. The van der Waals surface area contributed by atoms with Crippen LogP contribution in [0, 0.1) is 0 Å². The predicted octanol–water partition coefficient (Wildman–Crippen LogP) is 5.58. The fourth-order valence-electron chi connectivity index (χ4n) is 4.30. The molecule has 44 heavy (non-hydrogen) atoms. The maximum atomic E-state index is 12.7. The van der Waals surface area contributed by atoms with Crippen LogP contribution >= 0.6 is 39.7 Å². The van der Waals surface area contributed by atoms with Crippen LogP contribution in [0.3, 0.4) is 0 Å². The summed E-state index contributed by atoms with van der Waals surface area (Å²) in [6.07, 6.45) is 1.43. The molecule has 3 aromatic rings. The molecule has 1 aliphatic heterocycles. The van der Waals surface area contributed by atoms with E-state index < -0.39 is 17.9 Å². The van der Waals surface area contributed by atoms with Gasteiger partial charge in [0.15, 0.2) is 23.2 Å². The number of carbonyl (C=O) groups excluding carboxylic acids is 2. The van der Waals surface area contributed by atoms with Gasteiger partial charge in [-0.2, -0.15) is 5.10 Å². The number of hydrazone groups is 1. The van der Waals surface area contributed by atoms with Gasteiger partial charge in [0.1, 0.15) is 12.4 Å². The smallest absolute Gasteiger partial charge is 0.338 e. The summed E-state index contributed by atoms with van der Waals surface area (Å²) in [6, 6.07) is 17.5. The van der Waals surface area contributed by atoms with Crippen LogP contribution in [-0.4, -0.2) is 43.5 Å². The largest absolute Gasteiger partial charge is 0.493 e. The van der Waals surface area contributed by atoms with Gasteiger partial charge in [-0.25, -0.2) is 10.2 Å². The van der Waals surface area contributed by atoms with Crippen LogP contribution in [-0.2, 0) is 20.9 Å². The molecule has 0 radical (unpaired) electrons. The number of hydrogen-bond acceptors (Lipinski definition) is 8. The Balaban J connectivity index is 1.39. The molecule has 1 atom stereocenters. The van der Waals surface area contributed by atoms with E-state index in [0.29, 0.717) is 56.4 Å². The van der Waals surface area contributed by atoms with E-state index in [-0.39, 0.29) is 13.2 Å². The van der Waals surface area contributed by atoms with E-state index in [1.165, 1.54) is 13.3 Å². The topological polar surface area (TPSA) is 120 Å². The summed E-state index contributed by atoms with van der Waals surface area (Å²) in [5, 5.41) is 10.7. The molecule has 0 bridgehead atoms. The number of esters is 1.